The van der Waals surface area contributed by atoms with Crippen molar-refractivity contribution in [2.24, 2.45) is 0 Å². The van der Waals surface area contributed by atoms with E-state index in [1.165, 1.54) is 5.69 Å². The van der Waals surface area contributed by atoms with Crippen LogP contribution in [0.15, 0.2) is 18.3 Å². The Kier molecular flexibility index (Phi) is 5.21. The van der Waals surface area contributed by atoms with Gasteiger partial charge >= 0.3 is 5.97 Å². The maximum Gasteiger partial charge on any atom is 0.305 e. The maximum absolute atomic E-state index is 11.3. The minimum Gasteiger partial charge on any atom is -0.466 e. The normalized spacial score (nSPS) is 14.1. The van der Waals surface area contributed by atoms with E-state index < -0.39 is 0 Å². The summed E-state index contributed by atoms with van der Waals surface area (Å²) in [4.78, 5) is 20.3. The lowest BCUT2D eigenvalue weighted by Gasteiger charge is -2.35. The number of esters is 1. The first kappa shape index (κ1) is 14.6. The Morgan fingerprint density at radius 1 is 1.40 bits per heavy atom. The van der Waals surface area contributed by atoms with Crippen LogP contribution < -0.4 is 9.80 Å². The van der Waals surface area contributed by atoms with Gasteiger partial charge in [0.2, 0.25) is 0 Å². The van der Waals surface area contributed by atoms with Crippen molar-refractivity contribution in [3.05, 3.63) is 18.3 Å². The fraction of sp³-hybridized carbons (Fsp3) is 0.600. The molecule has 0 fully saturated rings. The zero-order valence-electron chi connectivity index (χ0n) is 12.3. The standard InChI is InChI=1S/C15H23N3O2/c1-3-20-14(19)8-4-5-10-18-12-11-17(2)15-13(18)7-6-9-16-15/h6-7,9H,3-5,8,10-12H2,1-2H3. The molecule has 5 nitrogen and oxygen atoms in total. The molecule has 0 aliphatic carbocycles. The number of likely N-dealkylation sites (N-methyl/N-ethyl adjacent to an activating group) is 1. The van der Waals surface area contributed by atoms with Gasteiger partial charge in [0.15, 0.2) is 5.82 Å². The third-order valence-electron chi connectivity index (χ3n) is 3.54. The zero-order valence-corrected chi connectivity index (χ0v) is 12.3. The van der Waals surface area contributed by atoms with Gasteiger partial charge in [0.25, 0.3) is 0 Å². The van der Waals surface area contributed by atoms with Crippen LogP contribution in [0.2, 0.25) is 0 Å². The predicted octanol–water partition coefficient (Wildman–Crippen LogP) is 2.07. The molecule has 110 valence electrons. The summed E-state index contributed by atoms with van der Waals surface area (Å²) in [7, 11) is 2.07. The molecule has 1 aromatic rings. The Labute approximate surface area is 120 Å². The number of hydrogen-bond acceptors (Lipinski definition) is 5. The molecule has 1 aliphatic heterocycles. The summed E-state index contributed by atoms with van der Waals surface area (Å²) in [5.41, 5.74) is 1.19. The molecule has 0 N–H and O–H groups in total. The van der Waals surface area contributed by atoms with Crippen LogP contribution in [-0.4, -0.2) is 44.2 Å². The molecule has 0 saturated carbocycles. The number of nitrogens with zero attached hydrogens (tertiary/aromatic N) is 3. The first-order valence-electron chi connectivity index (χ1n) is 7.29. The first-order valence-corrected chi connectivity index (χ1v) is 7.29. The average molecular weight is 277 g/mol. The minimum absolute atomic E-state index is 0.0899. The van der Waals surface area contributed by atoms with Crippen molar-refractivity contribution in [2.45, 2.75) is 26.2 Å². The van der Waals surface area contributed by atoms with E-state index in [9.17, 15) is 4.79 Å². The maximum atomic E-state index is 11.3. The van der Waals surface area contributed by atoms with E-state index in [1.54, 1.807) is 0 Å². The molecule has 5 heteroatoms. The van der Waals surface area contributed by atoms with Crippen LogP contribution in [0.25, 0.3) is 0 Å². The van der Waals surface area contributed by atoms with E-state index in [0.717, 1.165) is 38.3 Å². The molecule has 0 bridgehead atoms. The molecule has 0 aromatic carbocycles. The van der Waals surface area contributed by atoms with Crippen LogP contribution in [0, 0.1) is 0 Å². The van der Waals surface area contributed by atoms with Crippen molar-refractivity contribution in [1.82, 2.24) is 4.98 Å². The Bertz CT molecular complexity index is 450. The van der Waals surface area contributed by atoms with Crippen LogP contribution in [0.5, 0.6) is 0 Å². The number of aromatic nitrogens is 1. The van der Waals surface area contributed by atoms with Crippen molar-refractivity contribution in [3.8, 4) is 0 Å². The van der Waals surface area contributed by atoms with E-state index in [-0.39, 0.29) is 5.97 Å². The fourth-order valence-electron chi connectivity index (χ4n) is 2.46. The van der Waals surface area contributed by atoms with E-state index >= 15 is 0 Å². The number of ether oxygens (including phenoxy) is 1. The molecule has 0 atom stereocenters. The Morgan fingerprint density at radius 2 is 2.25 bits per heavy atom. The Hall–Kier alpha value is -1.78. The third kappa shape index (κ3) is 3.62. The highest BCUT2D eigenvalue weighted by molar-refractivity contribution is 5.69. The number of rotatable bonds is 6. The second kappa shape index (κ2) is 7.12. The molecule has 1 aromatic heterocycles. The molecule has 0 unspecified atom stereocenters. The van der Waals surface area contributed by atoms with Gasteiger partial charge in [-0.2, -0.15) is 0 Å². The minimum atomic E-state index is -0.0899. The summed E-state index contributed by atoms with van der Waals surface area (Å²) >= 11 is 0. The summed E-state index contributed by atoms with van der Waals surface area (Å²) in [5.74, 6) is 0.956. The Balaban J connectivity index is 1.82. The molecule has 2 rings (SSSR count). The molecule has 1 aliphatic rings. The van der Waals surface area contributed by atoms with Crippen LogP contribution in [0.1, 0.15) is 26.2 Å². The number of carbonyl (C=O) groups excluding carboxylic acids is 1. The summed E-state index contributed by atoms with van der Waals surface area (Å²) in [6.07, 6.45) is 4.22. The largest absolute Gasteiger partial charge is 0.466 e. The summed E-state index contributed by atoms with van der Waals surface area (Å²) in [5, 5.41) is 0. The lowest BCUT2D eigenvalue weighted by Crippen LogP contribution is -2.40. The van der Waals surface area contributed by atoms with Gasteiger partial charge in [0, 0.05) is 39.3 Å². The van der Waals surface area contributed by atoms with Gasteiger partial charge in [-0.1, -0.05) is 0 Å². The third-order valence-corrected chi connectivity index (χ3v) is 3.54. The summed E-state index contributed by atoms with van der Waals surface area (Å²) < 4.78 is 4.94. The number of anilines is 2. The quantitative estimate of drug-likeness (QED) is 0.588. The SMILES string of the molecule is CCOC(=O)CCCCN1CCN(C)c2ncccc21. The highest BCUT2D eigenvalue weighted by Crippen LogP contribution is 2.29. The van der Waals surface area contributed by atoms with Crippen molar-refractivity contribution >= 4 is 17.5 Å². The lowest BCUT2D eigenvalue weighted by atomic mass is 10.2. The monoisotopic (exact) mass is 277 g/mol. The second-order valence-corrected chi connectivity index (χ2v) is 5.02. The molecule has 0 amide bonds. The van der Waals surface area contributed by atoms with Gasteiger partial charge in [-0.3, -0.25) is 4.79 Å². The molecular formula is C15H23N3O2. The van der Waals surface area contributed by atoms with Crippen molar-refractivity contribution in [3.63, 3.8) is 0 Å². The molecule has 0 saturated heterocycles. The van der Waals surface area contributed by atoms with Gasteiger partial charge in [0.1, 0.15) is 0 Å². The van der Waals surface area contributed by atoms with Crippen LogP contribution >= 0.6 is 0 Å². The molecule has 20 heavy (non-hydrogen) atoms. The number of carbonyl (C=O) groups is 1. The van der Waals surface area contributed by atoms with Crippen molar-refractivity contribution in [2.75, 3.05) is 43.1 Å². The van der Waals surface area contributed by atoms with Gasteiger partial charge in [-0.25, -0.2) is 4.98 Å². The van der Waals surface area contributed by atoms with Crippen LogP contribution in [0.4, 0.5) is 11.5 Å². The number of unbranched alkanes of at least 4 members (excludes halogenated alkanes) is 1. The number of hydrogen-bond donors (Lipinski definition) is 0. The van der Waals surface area contributed by atoms with E-state index in [4.69, 9.17) is 4.74 Å². The van der Waals surface area contributed by atoms with E-state index in [1.807, 2.05) is 19.2 Å². The fourth-order valence-corrected chi connectivity index (χ4v) is 2.46. The highest BCUT2D eigenvalue weighted by atomic mass is 16.5. The van der Waals surface area contributed by atoms with Crippen molar-refractivity contribution < 1.29 is 9.53 Å². The predicted molar refractivity (Wildman–Crippen MR) is 80.2 cm³/mol. The zero-order chi connectivity index (χ0) is 14.4. The highest BCUT2D eigenvalue weighted by Gasteiger charge is 2.20. The smallest absolute Gasteiger partial charge is 0.305 e. The van der Waals surface area contributed by atoms with E-state index in [0.29, 0.717) is 13.0 Å². The first-order chi connectivity index (χ1) is 9.72. The van der Waals surface area contributed by atoms with Crippen LogP contribution in [-0.2, 0) is 9.53 Å². The van der Waals surface area contributed by atoms with E-state index in [2.05, 4.69) is 27.9 Å². The molecule has 2 heterocycles. The van der Waals surface area contributed by atoms with Gasteiger partial charge in [-0.05, 0) is 31.9 Å². The summed E-state index contributed by atoms with van der Waals surface area (Å²) in [6.45, 7) is 5.27. The van der Waals surface area contributed by atoms with Gasteiger partial charge in [-0.15, -0.1) is 0 Å². The van der Waals surface area contributed by atoms with Crippen molar-refractivity contribution in [1.29, 1.82) is 0 Å². The van der Waals surface area contributed by atoms with Crippen LogP contribution in [0.3, 0.4) is 0 Å². The lowest BCUT2D eigenvalue weighted by molar-refractivity contribution is -0.143. The number of pyridine rings is 1. The molecule has 0 spiro atoms. The topological polar surface area (TPSA) is 45.7 Å². The summed E-state index contributed by atoms with van der Waals surface area (Å²) in [6, 6.07) is 4.09. The average Bonchev–Trinajstić information content (AvgIpc) is 2.46. The van der Waals surface area contributed by atoms with Gasteiger partial charge in [0.05, 0.1) is 12.3 Å². The molecular weight excluding hydrogens is 254 g/mol. The van der Waals surface area contributed by atoms with Gasteiger partial charge < -0.3 is 14.5 Å². The molecule has 0 radical (unpaired) electrons. The Morgan fingerprint density at radius 3 is 3.05 bits per heavy atom. The number of fused-ring (bicyclic) bond motifs is 1. The second-order valence-electron chi connectivity index (χ2n) is 5.02.